The van der Waals surface area contributed by atoms with E-state index < -0.39 is 18.3 Å². The van der Waals surface area contributed by atoms with Crippen LogP contribution in [0.15, 0.2) is 0 Å². The molecule has 7 nitrogen and oxygen atoms in total. The number of rotatable bonds is 4. The summed E-state index contributed by atoms with van der Waals surface area (Å²) in [6.45, 7) is 1.49. The van der Waals surface area contributed by atoms with Gasteiger partial charge in [0.2, 0.25) is 5.91 Å². The van der Waals surface area contributed by atoms with Crippen LogP contribution in [-0.2, 0) is 7.86 Å². The third-order valence-electron chi connectivity index (χ3n) is 3.38. The third kappa shape index (κ3) is 3.73. The Morgan fingerprint density at radius 1 is 1.53 bits per heavy atom. The molecule has 9 heteroatoms. The van der Waals surface area contributed by atoms with Gasteiger partial charge in [0.05, 0.1) is 13.2 Å². The molecule has 0 aromatic rings. The molecule has 0 radical (unpaired) electrons. The summed E-state index contributed by atoms with van der Waals surface area (Å²) in [6.07, 6.45) is -1.06. The summed E-state index contributed by atoms with van der Waals surface area (Å²) >= 11 is 1.70. The predicted octanol–water partition coefficient (Wildman–Crippen LogP) is -1.02. The van der Waals surface area contributed by atoms with Gasteiger partial charge < -0.3 is 13.1 Å². The second-order valence-corrected chi connectivity index (χ2v) is 5.20. The summed E-state index contributed by atoms with van der Waals surface area (Å²) in [5, 5.41) is 10.5. The first-order valence-electron chi connectivity index (χ1n) is 6.23. The van der Waals surface area contributed by atoms with E-state index >= 15 is 0 Å². The minimum atomic E-state index is -1.14. The van der Waals surface area contributed by atoms with E-state index in [1.807, 2.05) is 0 Å². The Balaban J connectivity index is 1.84. The van der Waals surface area contributed by atoms with Crippen molar-refractivity contribution < 1.29 is 17.4 Å². The highest BCUT2D eigenvalue weighted by Crippen LogP contribution is 2.20. The van der Waals surface area contributed by atoms with Crippen LogP contribution in [0.5, 0.6) is 0 Å². The van der Waals surface area contributed by atoms with Crippen LogP contribution in [0.2, 0.25) is 0 Å². The van der Waals surface area contributed by atoms with E-state index in [4.69, 9.17) is 8.17 Å². The van der Waals surface area contributed by atoms with Crippen molar-refractivity contribution >= 4 is 28.9 Å². The van der Waals surface area contributed by atoms with E-state index in [9.17, 15) is 9.18 Å². The van der Waals surface area contributed by atoms with Crippen LogP contribution in [0, 0.1) is 0 Å². The summed E-state index contributed by atoms with van der Waals surface area (Å²) in [6, 6.07) is -0.407. The number of nitrogens with one attached hydrogen (secondary N) is 2. The highest BCUT2D eigenvalue weighted by Gasteiger charge is 2.36. The van der Waals surface area contributed by atoms with Crippen LogP contribution in [0.4, 0.5) is 4.39 Å². The molecule has 110 valence electrons. The van der Waals surface area contributed by atoms with E-state index in [-0.39, 0.29) is 19.1 Å². The molecule has 0 saturated carbocycles. The van der Waals surface area contributed by atoms with E-state index in [1.165, 1.54) is 4.90 Å². The van der Waals surface area contributed by atoms with Gasteiger partial charge in [-0.3, -0.25) is 4.79 Å². The van der Waals surface area contributed by atoms with Crippen LogP contribution >= 0.6 is 23.0 Å². The summed E-state index contributed by atoms with van der Waals surface area (Å²) in [7, 11) is 0. The Labute approximate surface area is 125 Å². The molecule has 3 atom stereocenters. The summed E-state index contributed by atoms with van der Waals surface area (Å²) in [4.78, 5) is 13.7. The number of amides is 1. The highest BCUT2D eigenvalue weighted by molar-refractivity contribution is 14.1. The lowest BCUT2D eigenvalue weighted by atomic mass is 10.1. The van der Waals surface area contributed by atoms with Gasteiger partial charge in [0, 0.05) is 19.6 Å². The van der Waals surface area contributed by atoms with Gasteiger partial charge in [-0.25, -0.2) is 14.8 Å². The minimum Gasteiger partial charge on any atom is -0.395 e. The number of carbonyl (C=O) groups is 1. The molecule has 19 heavy (non-hydrogen) atoms. The quantitative estimate of drug-likeness (QED) is 0.536. The van der Waals surface area contributed by atoms with Crippen LogP contribution in [-0.4, -0.2) is 72.0 Å². The second kappa shape index (κ2) is 7.09. The number of β-amino-alcohol motifs (C(OH)–C–C–N with tert-alkyl or cyclic N) is 1. The van der Waals surface area contributed by atoms with Crippen molar-refractivity contribution in [3.8, 4) is 0 Å². The number of hydrogen-bond donors (Lipinski definition) is 3. The fourth-order valence-electron chi connectivity index (χ4n) is 2.29. The molecule has 1 amide bonds. The van der Waals surface area contributed by atoms with E-state index in [0.29, 0.717) is 26.1 Å². The number of halogens is 2. The van der Waals surface area contributed by atoms with Crippen molar-refractivity contribution in [2.24, 2.45) is 0 Å². The summed E-state index contributed by atoms with van der Waals surface area (Å²) in [5.74, 6) is -0.123. The number of alkyl halides is 1. The van der Waals surface area contributed by atoms with Crippen molar-refractivity contribution in [3.05, 3.63) is 0 Å². The van der Waals surface area contributed by atoms with Crippen LogP contribution in [0.25, 0.3) is 0 Å². The van der Waals surface area contributed by atoms with Crippen LogP contribution < -0.4 is 11.0 Å². The van der Waals surface area contributed by atoms with E-state index in [1.54, 1.807) is 28.0 Å². The van der Waals surface area contributed by atoms with Gasteiger partial charge in [-0.05, 0) is 6.42 Å². The van der Waals surface area contributed by atoms with E-state index in [2.05, 4.69) is 11.0 Å². The maximum Gasteiger partial charge on any atom is 0.242 e. The van der Waals surface area contributed by atoms with Crippen molar-refractivity contribution in [2.75, 3.05) is 32.8 Å². The van der Waals surface area contributed by atoms with Crippen LogP contribution in [0.3, 0.4) is 0 Å². The van der Waals surface area contributed by atoms with Gasteiger partial charge in [-0.1, -0.05) is 0 Å². The zero-order valence-corrected chi connectivity index (χ0v) is 12.5. The minimum absolute atomic E-state index is 0.0144. The van der Waals surface area contributed by atoms with Crippen molar-refractivity contribution in [2.45, 2.75) is 24.7 Å². The monoisotopic (exact) mass is 388 g/mol. The number of hydrazine groups is 2. The molecule has 0 aromatic carbocycles. The molecule has 0 aliphatic carbocycles. The lowest BCUT2D eigenvalue weighted by molar-refractivity contribution is -0.136. The van der Waals surface area contributed by atoms with Gasteiger partial charge in [0.1, 0.15) is 41.3 Å². The normalized spacial score (nSPS) is 32.8. The second-order valence-electron chi connectivity index (χ2n) is 4.69. The van der Waals surface area contributed by atoms with Crippen molar-refractivity contribution in [1.82, 2.24) is 20.9 Å². The van der Waals surface area contributed by atoms with Gasteiger partial charge in [-0.2, -0.15) is 5.53 Å². The van der Waals surface area contributed by atoms with Gasteiger partial charge in [-0.15, -0.1) is 0 Å². The largest absolute Gasteiger partial charge is 0.395 e. The Morgan fingerprint density at radius 3 is 2.95 bits per heavy atom. The Morgan fingerprint density at radius 2 is 2.32 bits per heavy atom. The maximum absolute atomic E-state index is 13.7. The predicted molar refractivity (Wildman–Crippen MR) is 73.7 cm³/mol. The molecular formula is C10H18FIN4O3. The highest BCUT2D eigenvalue weighted by atomic mass is 127. The van der Waals surface area contributed by atoms with E-state index in [0.717, 1.165) is 0 Å². The Kier molecular flexibility index (Phi) is 5.71. The first kappa shape index (κ1) is 15.3. The third-order valence-corrected chi connectivity index (χ3v) is 4.03. The molecule has 2 heterocycles. The molecule has 1 unspecified atom stereocenters. The zero-order chi connectivity index (χ0) is 13.8. The summed E-state index contributed by atoms with van der Waals surface area (Å²) in [5.41, 5.74) is 5.66. The number of hydrogen-bond acceptors (Lipinski definition) is 6. The van der Waals surface area contributed by atoms with Crippen molar-refractivity contribution in [3.63, 3.8) is 0 Å². The number of piperidine rings is 1. The number of likely N-dealkylation sites (tertiary alicyclic amines) is 1. The Hall–Kier alpha value is -0.0700. The van der Waals surface area contributed by atoms with Crippen molar-refractivity contribution in [1.29, 1.82) is 0 Å². The lowest BCUT2D eigenvalue weighted by Crippen LogP contribution is -2.53. The molecule has 0 aromatic heterocycles. The first-order valence-corrected chi connectivity index (χ1v) is 7.11. The van der Waals surface area contributed by atoms with Gasteiger partial charge in [0.25, 0.3) is 0 Å². The molecule has 2 aliphatic heterocycles. The summed E-state index contributed by atoms with van der Waals surface area (Å²) < 4.78 is 18.7. The smallest absolute Gasteiger partial charge is 0.242 e. The van der Waals surface area contributed by atoms with Crippen LogP contribution in [0.1, 0.15) is 6.42 Å². The standard InChI is InChI=1S/C10H18FIN4O3/c11-7-5-15(2-1-9(7)19-12)10(18)8-6-16(3-4-17)14-13-8/h7-9,13-14,17H,1-6H2/t7-,8?,9+/m1/s1. The zero-order valence-electron chi connectivity index (χ0n) is 10.4. The molecular weight excluding hydrogens is 370 g/mol. The average Bonchev–Trinajstić information content (AvgIpc) is 2.87. The molecule has 3 N–H and O–H groups in total. The fourth-order valence-corrected chi connectivity index (χ4v) is 2.87. The molecule has 0 spiro atoms. The molecule has 2 aliphatic rings. The molecule has 2 saturated heterocycles. The number of carbonyl (C=O) groups excluding carboxylic acids is 1. The first-order chi connectivity index (χ1) is 9.15. The van der Waals surface area contributed by atoms with Gasteiger partial charge >= 0.3 is 0 Å². The average molecular weight is 388 g/mol. The Bertz CT molecular complexity index is 325. The lowest BCUT2D eigenvalue weighted by Gasteiger charge is -2.34. The number of nitrogens with zero attached hydrogens (tertiary/aromatic N) is 2. The topological polar surface area (TPSA) is 77.1 Å². The SMILES string of the molecule is O=C(C1CN(CCO)NN1)N1CC[C@H](OI)[C@H](F)C1. The molecule has 2 fully saturated rings. The number of aliphatic hydroxyl groups is 1. The molecule has 2 rings (SSSR count). The number of aliphatic hydroxyl groups excluding tert-OH is 1. The molecule has 0 bridgehead atoms. The van der Waals surface area contributed by atoms with Gasteiger partial charge in [0.15, 0.2) is 0 Å². The fraction of sp³-hybridized carbons (Fsp3) is 0.900. The maximum atomic E-state index is 13.7.